The second-order valence-electron chi connectivity index (χ2n) is 5.28. The van der Waals surface area contributed by atoms with Gasteiger partial charge in [-0.1, -0.05) is 13.8 Å². The highest BCUT2D eigenvalue weighted by Gasteiger charge is 2.26. The Balaban J connectivity index is 3.38. The molecule has 1 rings (SSSR count). The third kappa shape index (κ3) is 4.08. The average Bonchev–Trinajstić information content (AvgIpc) is 2.36. The van der Waals surface area contributed by atoms with Gasteiger partial charge in [0, 0.05) is 18.5 Å². The molecule has 1 aromatic rings. The molecule has 7 heteroatoms. The molecule has 7 nitrogen and oxygen atoms in total. The van der Waals surface area contributed by atoms with Gasteiger partial charge in [0.1, 0.15) is 11.3 Å². The summed E-state index contributed by atoms with van der Waals surface area (Å²) in [7, 11) is 1.17. The molecule has 1 aromatic heterocycles. The molecule has 0 aromatic carbocycles. The number of primary amides is 1. The molecule has 116 valence electrons. The number of hydrogen-bond acceptors (Lipinski definition) is 5. The minimum Gasteiger partial charge on any atom is -0.506 e. The normalized spacial score (nSPS) is 12.2. The quantitative estimate of drug-likeness (QED) is 0.672. The van der Waals surface area contributed by atoms with Gasteiger partial charge in [0.15, 0.2) is 0 Å². The van der Waals surface area contributed by atoms with Gasteiger partial charge in [-0.15, -0.1) is 0 Å². The van der Waals surface area contributed by atoms with Gasteiger partial charge in [-0.25, -0.2) is 4.79 Å². The van der Waals surface area contributed by atoms with Gasteiger partial charge in [0.25, 0.3) is 5.56 Å². The van der Waals surface area contributed by atoms with Crippen LogP contribution in [0.25, 0.3) is 0 Å². The molecule has 0 saturated carbocycles. The molecular formula is C14H20N2O5. The number of amides is 1. The van der Waals surface area contributed by atoms with Crippen LogP contribution in [0.3, 0.4) is 0 Å². The van der Waals surface area contributed by atoms with Crippen molar-refractivity contribution in [2.45, 2.75) is 32.6 Å². The van der Waals surface area contributed by atoms with Crippen molar-refractivity contribution in [3.05, 3.63) is 27.7 Å². The number of aromatic amines is 1. The minimum absolute atomic E-state index is 0.00889. The van der Waals surface area contributed by atoms with Crippen LogP contribution >= 0.6 is 0 Å². The first-order valence-electron chi connectivity index (χ1n) is 6.59. The van der Waals surface area contributed by atoms with Crippen molar-refractivity contribution in [1.82, 2.24) is 4.98 Å². The van der Waals surface area contributed by atoms with E-state index in [1.807, 2.05) is 13.8 Å². The predicted octanol–water partition coefficient (Wildman–Crippen LogP) is 0.872. The third-order valence-corrected chi connectivity index (χ3v) is 3.12. The van der Waals surface area contributed by atoms with Gasteiger partial charge in [-0.3, -0.25) is 9.59 Å². The molecular weight excluding hydrogens is 276 g/mol. The average molecular weight is 296 g/mol. The van der Waals surface area contributed by atoms with Crippen molar-refractivity contribution in [2.75, 3.05) is 7.11 Å². The van der Waals surface area contributed by atoms with Crippen LogP contribution in [-0.2, 0) is 9.53 Å². The van der Waals surface area contributed by atoms with Crippen LogP contribution < -0.4 is 11.3 Å². The number of hydrogen-bond donors (Lipinski definition) is 3. The lowest BCUT2D eigenvalue weighted by Gasteiger charge is -2.19. The van der Waals surface area contributed by atoms with E-state index in [2.05, 4.69) is 9.72 Å². The molecule has 0 bridgehead atoms. The Bertz CT molecular complexity index is 592. The van der Waals surface area contributed by atoms with Crippen molar-refractivity contribution in [1.29, 1.82) is 0 Å². The molecule has 1 heterocycles. The van der Waals surface area contributed by atoms with Gasteiger partial charge in [-0.2, -0.15) is 0 Å². The molecule has 0 radical (unpaired) electrons. The summed E-state index contributed by atoms with van der Waals surface area (Å²) in [4.78, 5) is 37.1. The fourth-order valence-corrected chi connectivity index (χ4v) is 2.30. The fourth-order valence-electron chi connectivity index (χ4n) is 2.30. The Labute approximate surface area is 122 Å². The Morgan fingerprint density at radius 2 is 2.05 bits per heavy atom. The zero-order valence-corrected chi connectivity index (χ0v) is 12.3. The van der Waals surface area contributed by atoms with E-state index in [0.717, 1.165) is 6.20 Å². The molecule has 0 unspecified atom stereocenters. The maximum absolute atomic E-state index is 12.0. The smallest absolute Gasteiger partial charge is 0.343 e. The van der Waals surface area contributed by atoms with Gasteiger partial charge < -0.3 is 20.6 Å². The van der Waals surface area contributed by atoms with Crippen LogP contribution in [0.2, 0.25) is 0 Å². The number of methoxy groups -OCH3 is 1. The van der Waals surface area contributed by atoms with E-state index >= 15 is 0 Å². The molecule has 0 aliphatic rings. The second-order valence-corrected chi connectivity index (χ2v) is 5.28. The lowest BCUT2D eigenvalue weighted by atomic mass is 9.87. The Morgan fingerprint density at radius 3 is 2.52 bits per heavy atom. The first kappa shape index (κ1) is 16.7. The second kappa shape index (κ2) is 6.92. The van der Waals surface area contributed by atoms with E-state index < -0.39 is 29.1 Å². The summed E-state index contributed by atoms with van der Waals surface area (Å²) >= 11 is 0. The van der Waals surface area contributed by atoms with Crippen LogP contribution in [0.15, 0.2) is 11.0 Å². The highest BCUT2D eigenvalue weighted by atomic mass is 16.5. The van der Waals surface area contributed by atoms with E-state index in [1.165, 1.54) is 7.11 Å². The number of carbonyl (C=O) groups excluding carboxylic acids is 2. The van der Waals surface area contributed by atoms with Crippen LogP contribution in [0.1, 0.15) is 48.5 Å². The summed E-state index contributed by atoms with van der Waals surface area (Å²) in [6, 6.07) is 0. The van der Waals surface area contributed by atoms with E-state index in [4.69, 9.17) is 5.73 Å². The van der Waals surface area contributed by atoms with Crippen LogP contribution in [0, 0.1) is 5.92 Å². The SMILES string of the molecule is COC(=O)c1c[nH]c(=O)c([C@H](CC(N)=O)CC(C)C)c1O. The standard InChI is InChI=1S/C14H20N2O5/c1-7(2)4-8(5-10(15)17)11-12(18)9(14(20)21-3)6-16-13(11)19/h6-8H,4-5H2,1-3H3,(H2,15,17)(H2,16,18,19)/t8-/m0/s1. The first-order valence-corrected chi connectivity index (χ1v) is 6.59. The maximum Gasteiger partial charge on any atom is 0.343 e. The number of nitrogens with one attached hydrogen (secondary N) is 1. The first-order chi connectivity index (χ1) is 9.77. The Hall–Kier alpha value is -2.31. The maximum atomic E-state index is 12.0. The molecule has 0 saturated heterocycles. The van der Waals surface area contributed by atoms with Gasteiger partial charge in [0.05, 0.1) is 12.7 Å². The van der Waals surface area contributed by atoms with Crippen LogP contribution in [-0.4, -0.2) is 29.1 Å². The predicted molar refractivity (Wildman–Crippen MR) is 76.1 cm³/mol. The number of aromatic hydroxyl groups is 1. The van der Waals surface area contributed by atoms with E-state index in [9.17, 15) is 19.5 Å². The number of rotatable bonds is 6. The number of nitrogens with two attached hydrogens (primary N) is 1. The number of aromatic nitrogens is 1. The molecule has 4 N–H and O–H groups in total. The van der Waals surface area contributed by atoms with Crippen molar-refractivity contribution in [3.63, 3.8) is 0 Å². The van der Waals surface area contributed by atoms with E-state index in [0.29, 0.717) is 6.42 Å². The summed E-state index contributed by atoms with van der Waals surface area (Å²) in [6.45, 7) is 3.84. The Morgan fingerprint density at radius 1 is 1.43 bits per heavy atom. The minimum atomic E-state index is -0.771. The summed E-state index contributed by atoms with van der Waals surface area (Å²) < 4.78 is 4.54. The summed E-state index contributed by atoms with van der Waals surface area (Å²) in [5, 5.41) is 10.2. The van der Waals surface area contributed by atoms with Gasteiger partial charge >= 0.3 is 5.97 Å². The molecule has 0 aliphatic heterocycles. The van der Waals surface area contributed by atoms with E-state index in [-0.39, 0.29) is 23.5 Å². The number of esters is 1. The number of H-pyrrole nitrogens is 1. The topological polar surface area (TPSA) is 122 Å². The molecule has 1 atom stereocenters. The van der Waals surface area contributed by atoms with Crippen molar-refractivity contribution in [2.24, 2.45) is 11.7 Å². The molecule has 21 heavy (non-hydrogen) atoms. The number of ether oxygens (including phenoxy) is 1. The van der Waals surface area contributed by atoms with Crippen molar-refractivity contribution < 1.29 is 19.4 Å². The highest BCUT2D eigenvalue weighted by Crippen LogP contribution is 2.32. The van der Waals surface area contributed by atoms with Crippen LogP contribution in [0.4, 0.5) is 0 Å². The van der Waals surface area contributed by atoms with Crippen LogP contribution in [0.5, 0.6) is 5.75 Å². The summed E-state index contributed by atoms with van der Waals surface area (Å²) in [5.74, 6) is -2.20. The largest absolute Gasteiger partial charge is 0.506 e. The molecule has 0 fully saturated rings. The molecule has 0 spiro atoms. The zero-order valence-electron chi connectivity index (χ0n) is 12.3. The number of carbonyl (C=O) groups is 2. The highest BCUT2D eigenvalue weighted by molar-refractivity contribution is 5.92. The third-order valence-electron chi connectivity index (χ3n) is 3.12. The fraction of sp³-hybridized carbons (Fsp3) is 0.500. The zero-order chi connectivity index (χ0) is 16.2. The van der Waals surface area contributed by atoms with E-state index in [1.54, 1.807) is 0 Å². The molecule has 0 aliphatic carbocycles. The molecule has 1 amide bonds. The monoisotopic (exact) mass is 296 g/mol. The summed E-state index contributed by atoms with van der Waals surface area (Å²) in [6.07, 6.45) is 1.48. The Kier molecular flexibility index (Phi) is 5.52. The number of pyridine rings is 1. The lowest BCUT2D eigenvalue weighted by Crippen LogP contribution is -2.24. The van der Waals surface area contributed by atoms with Crippen molar-refractivity contribution >= 4 is 11.9 Å². The van der Waals surface area contributed by atoms with Gasteiger partial charge in [0.2, 0.25) is 5.91 Å². The lowest BCUT2D eigenvalue weighted by molar-refractivity contribution is -0.118. The van der Waals surface area contributed by atoms with Gasteiger partial charge in [-0.05, 0) is 12.3 Å². The van der Waals surface area contributed by atoms with Crippen molar-refractivity contribution in [3.8, 4) is 5.75 Å². The summed E-state index contributed by atoms with van der Waals surface area (Å²) in [5.41, 5.74) is 4.50.